The van der Waals surface area contributed by atoms with Gasteiger partial charge in [-0.05, 0) is 6.92 Å². The van der Waals surface area contributed by atoms with Crippen molar-refractivity contribution in [2.24, 2.45) is 4.99 Å². The van der Waals surface area contributed by atoms with E-state index in [1.807, 2.05) is 6.92 Å². The van der Waals surface area contributed by atoms with Crippen molar-refractivity contribution in [1.29, 1.82) is 0 Å². The molecule has 0 aromatic rings. The predicted octanol–water partition coefficient (Wildman–Crippen LogP) is -0.310. The number of allylic oxidation sites excluding steroid dienone is 1. The van der Waals surface area contributed by atoms with E-state index < -0.39 is 10.8 Å². The van der Waals surface area contributed by atoms with Gasteiger partial charge in [-0.15, -0.1) is 0 Å². The van der Waals surface area contributed by atoms with Gasteiger partial charge in [-0.25, -0.2) is 4.99 Å². The fourth-order valence-electron chi connectivity index (χ4n) is 0.518. The molecule has 0 fully saturated rings. The highest BCUT2D eigenvalue weighted by Crippen LogP contribution is 1.92. The van der Waals surface area contributed by atoms with Gasteiger partial charge in [-0.1, -0.05) is 0 Å². The van der Waals surface area contributed by atoms with Crippen LogP contribution in [0.25, 0.3) is 0 Å². The van der Waals surface area contributed by atoms with Gasteiger partial charge in [-0.3, -0.25) is 9.63 Å². The van der Waals surface area contributed by atoms with Crippen LogP contribution in [-0.4, -0.2) is 15.6 Å². The van der Waals surface area contributed by atoms with E-state index in [1.165, 1.54) is 0 Å². The third-order valence-corrected chi connectivity index (χ3v) is 1.77. The molecule has 0 aromatic carbocycles. The molecule has 1 rings (SSSR count). The van der Waals surface area contributed by atoms with Gasteiger partial charge in [-0.2, -0.15) is 0 Å². The van der Waals surface area contributed by atoms with Gasteiger partial charge in [0.2, 0.25) is 5.17 Å². The topological polar surface area (TPSA) is 53.5 Å². The standard InChI is InChI=1S/C5H9N3OS/c1-4-3-6-5(8-7-4)10(2)9/h3,7H,1-2H3,(H,6,8). The number of rotatable bonds is 0. The van der Waals surface area contributed by atoms with Crippen LogP contribution in [0.2, 0.25) is 0 Å². The second-order valence-electron chi connectivity index (χ2n) is 1.95. The van der Waals surface area contributed by atoms with Crippen molar-refractivity contribution in [1.82, 2.24) is 10.9 Å². The van der Waals surface area contributed by atoms with Crippen LogP contribution in [0.3, 0.4) is 0 Å². The summed E-state index contributed by atoms with van der Waals surface area (Å²) in [5, 5.41) is 0.464. The van der Waals surface area contributed by atoms with Crippen LogP contribution in [0.4, 0.5) is 0 Å². The average Bonchev–Trinajstić information content (AvgIpc) is 1.88. The molecule has 1 atom stereocenters. The number of nitrogens with zero attached hydrogens (tertiary/aromatic N) is 1. The first-order valence-electron chi connectivity index (χ1n) is 2.80. The van der Waals surface area contributed by atoms with Gasteiger partial charge < -0.3 is 5.43 Å². The first-order chi connectivity index (χ1) is 4.70. The molecule has 0 amide bonds. The maximum absolute atomic E-state index is 10.8. The number of hydrogen-bond acceptors (Lipinski definition) is 4. The quantitative estimate of drug-likeness (QED) is 0.510. The van der Waals surface area contributed by atoms with Crippen molar-refractivity contribution in [2.75, 3.05) is 6.26 Å². The Labute approximate surface area is 61.8 Å². The summed E-state index contributed by atoms with van der Waals surface area (Å²) < 4.78 is 10.8. The average molecular weight is 159 g/mol. The Morgan fingerprint density at radius 3 is 2.70 bits per heavy atom. The summed E-state index contributed by atoms with van der Waals surface area (Å²) in [5.74, 6) is 0. The molecule has 0 saturated heterocycles. The van der Waals surface area contributed by atoms with E-state index in [-0.39, 0.29) is 0 Å². The third kappa shape index (κ3) is 1.57. The van der Waals surface area contributed by atoms with Crippen LogP contribution in [0.1, 0.15) is 6.92 Å². The van der Waals surface area contributed by atoms with E-state index in [4.69, 9.17) is 0 Å². The normalized spacial score (nSPS) is 19.8. The lowest BCUT2D eigenvalue weighted by molar-refractivity contribution is 0.688. The SMILES string of the molecule is CC1=CN=C(S(C)=O)NN1. The molecule has 5 heteroatoms. The molecule has 0 aromatic heterocycles. The third-order valence-electron chi connectivity index (χ3n) is 1.01. The molecular formula is C5H9N3OS. The zero-order valence-corrected chi connectivity index (χ0v) is 6.66. The largest absolute Gasteiger partial charge is 0.302 e. The summed E-state index contributed by atoms with van der Waals surface area (Å²) in [7, 11) is -1.04. The molecule has 0 bridgehead atoms. The van der Waals surface area contributed by atoms with E-state index >= 15 is 0 Å². The minimum atomic E-state index is -1.04. The maximum Gasteiger partial charge on any atom is 0.210 e. The highest BCUT2D eigenvalue weighted by Gasteiger charge is 2.04. The molecule has 10 heavy (non-hydrogen) atoms. The van der Waals surface area contributed by atoms with E-state index in [9.17, 15) is 4.21 Å². The number of amidine groups is 1. The van der Waals surface area contributed by atoms with E-state index in [2.05, 4.69) is 15.8 Å². The first kappa shape index (κ1) is 7.27. The summed E-state index contributed by atoms with van der Waals surface area (Å²) in [6, 6.07) is 0. The first-order valence-corrected chi connectivity index (χ1v) is 4.36. The highest BCUT2D eigenvalue weighted by molar-refractivity contribution is 7.99. The van der Waals surface area contributed by atoms with Crippen molar-refractivity contribution in [3.63, 3.8) is 0 Å². The molecule has 1 aliphatic rings. The Hall–Kier alpha value is -0.840. The molecule has 1 heterocycles. The lowest BCUT2D eigenvalue weighted by Gasteiger charge is -2.13. The fourth-order valence-corrected chi connectivity index (χ4v) is 0.914. The van der Waals surface area contributed by atoms with Crippen molar-refractivity contribution in [2.45, 2.75) is 6.92 Å². The molecule has 2 N–H and O–H groups in total. The second-order valence-corrected chi connectivity index (χ2v) is 3.25. The smallest absolute Gasteiger partial charge is 0.210 e. The minimum absolute atomic E-state index is 0.464. The summed E-state index contributed by atoms with van der Waals surface area (Å²) in [5.41, 5.74) is 6.41. The Morgan fingerprint density at radius 2 is 2.30 bits per heavy atom. The maximum atomic E-state index is 10.8. The molecule has 1 aliphatic heterocycles. The number of hydrogen-bond donors (Lipinski definition) is 2. The van der Waals surface area contributed by atoms with Crippen LogP contribution in [0.15, 0.2) is 16.9 Å². The summed E-state index contributed by atoms with van der Waals surface area (Å²) >= 11 is 0. The van der Waals surface area contributed by atoms with E-state index in [1.54, 1.807) is 12.5 Å². The van der Waals surface area contributed by atoms with E-state index in [0.717, 1.165) is 5.70 Å². The van der Waals surface area contributed by atoms with Gasteiger partial charge in [0.1, 0.15) is 0 Å². The van der Waals surface area contributed by atoms with Crippen molar-refractivity contribution in [3.05, 3.63) is 11.9 Å². The van der Waals surface area contributed by atoms with Gasteiger partial charge in [0.05, 0.1) is 17.0 Å². The molecule has 0 radical (unpaired) electrons. The number of aliphatic imine (C=N–C) groups is 1. The van der Waals surface area contributed by atoms with Crippen molar-refractivity contribution >= 4 is 16.0 Å². The van der Waals surface area contributed by atoms with Crippen LogP contribution in [0, 0.1) is 0 Å². The Kier molecular flexibility index (Phi) is 2.06. The molecule has 1 unspecified atom stereocenters. The molecule has 56 valence electrons. The van der Waals surface area contributed by atoms with Gasteiger partial charge in [0.25, 0.3) is 0 Å². The van der Waals surface area contributed by atoms with Crippen molar-refractivity contribution in [3.8, 4) is 0 Å². The van der Waals surface area contributed by atoms with Crippen molar-refractivity contribution < 1.29 is 4.21 Å². The fraction of sp³-hybridized carbons (Fsp3) is 0.400. The van der Waals surface area contributed by atoms with Crippen LogP contribution in [0.5, 0.6) is 0 Å². The molecule has 4 nitrogen and oxygen atoms in total. The summed E-state index contributed by atoms with van der Waals surface area (Å²) in [6.45, 7) is 1.87. The molecule has 0 spiro atoms. The second kappa shape index (κ2) is 2.83. The predicted molar refractivity (Wildman–Crippen MR) is 41.5 cm³/mol. The Balaban J connectivity index is 2.74. The van der Waals surface area contributed by atoms with E-state index in [0.29, 0.717) is 5.17 Å². The van der Waals surface area contributed by atoms with Crippen LogP contribution < -0.4 is 10.9 Å². The molecule has 0 aliphatic carbocycles. The monoisotopic (exact) mass is 159 g/mol. The van der Waals surface area contributed by atoms with Gasteiger partial charge in [0.15, 0.2) is 0 Å². The Morgan fingerprint density at radius 1 is 1.60 bits per heavy atom. The zero-order valence-electron chi connectivity index (χ0n) is 5.84. The lowest BCUT2D eigenvalue weighted by Crippen LogP contribution is -2.40. The summed E-state index contributed by atoms with van der Waals surface area (Å²) in [6.07, 6.45) is 3.20. The van der Waals surface area contributed by atoms with Crippen LogP contribution in [-0.2, 0) is 10.8 Å². The van der Waals surface area contributed by atoms with Crippen LogP contribution >= 0.6 is 0 Å². The molecular weight excluding hydrogens is 150 g/mol. The highest BCUT2D eigenvalue weighted by atomic mass is 32.2. The number of nitrogens with one attached hydrogen (secondary N) is 2. The van der Waals surface area contributed by atoms with Gasteiger partial charge >= 0.3 is 0 Å². The van der Waals surface area contributed by atoms with Gasteiger partial charge in [0, 0.05) is 12.0 Å². The molecule has 0 saturated carbocycles. The summed E-state index contributed by atoms with van der Waals surface area (Å²) in [4.78, 5) is 3.89. The number of hydrazine groups is 1. The lowest BCUT2D eigenvalue weighted by atomic mass is 10.5. The Bertz CT molecular complexity index is 221. The zero-order chi connectivity index (χ0) is 7.56. The minimum Gasteiger partial charge on any atom is -0.302 e.